The number of aliphatic carboxylic acids is 1. The molecule has 2 heterocycles. The Morgan fingerprint density at radius 2 is 2.00 bits per heavy atom. The molecular weight excluding hydrogens is 482 g/mol. The van der Waals surface area contributed by atoms with Crippen LogP contribution in [0.1, 0.15) is 31.1 Å². The maximum absolute atomic E-state index is 13.8. The van der Waals surface area contributed by atoms with Gasteiger partial charge in [-0.15, -0.1) is 0 Å². The van der Waals surface area contributed by atoms with Gasteiger partial charge in [-0.05, 0) is 42.7 Å². The first kappa shape index (κ1) is 25.9. The first-order valence-electron chi connectivity index (χ1n) is 11.9. The summed E-state index contributed by atoms with van der Waals surface area (Å²) >= 11 is 0. The number of methoxy groups -OCH3 is 1. The Hall–Kier alpha value is -3.21. The van der Waals surface area contributed by atoms with Gasteiger partial charge in [0.15, 0.2) is 0 Å². The van der Waals surface area contributed by atoms with Gasteiger partial charge in [-0.25, -0.2) is 8.42 Å². The summed E-state index contributed by atoms with van der Waals surface area (Å²) in [4.78, 5) is 11.6. The van der Waals surface area contributed by atoms with Crippen molar-refractivity contribution in [2.75, 3.05) is 33.4 Å². The number of hydrogen-bond donors (Lipinski definition) is 1. The van der Waals surface area contributed by atoms with Crippen molar-refractivity contribution in [3.8, 4) is 5.75 Å². The van der Waals surface area contributed by atoms with Crippen LogP contribution in [0.3, 0.4) is 0 Å². The smallest absolute Gasteiger partial charge is 0.309 e. The van der Waals surface area contributed by atoms with Crippen LogP contribution in [-0.4, -0.2) is 67.0 Å². The molecule has 0 aliphatic carbocycles. The molecule has 0 amide bonds. The zero-order chi connectivity index (χ0) is 25.9. The van der Waals surface area contributed by atoms with Gasteiger partial charge in [-0.1, -0.05) is 37.3 Å². The zero-order valence-electron chi connectivity index (χ0n) is 20.6. The van der Waals surface area contributed by atoms with E-state index in [1.807, 2.05) is 38.1 Å². The van der Waals surface area contributed by atoms with Gasteiger partial charge >= 0.3 is 5.97 Å². The van der Waals surface area contributed by atoms with Crippen LogP contribution in [-0.2, 0) is 26.0 Å². The number of aromatic nitrogens is 2. The van der Waals surface area contributed by atoms with Crippen LogP contribution >= 0.6 is 0 Å². The Kier molecular flexibility index (Phi) is 7.77. The van der Waals surface area contributed by atoms with Crippen molar-refractivity contribution in [2.24, 2.45) is 5.92 Å². The molecule has 3 aromatic rings. The number of sulfonamides is 1. The van der Waals surface area contributed by atoms with Gasteiger partial charge in [0.1, 0.15) is 5.75 Å². The third-order valence-corrected chi connectivity index (χ3v) is 8.24. The number of carbonyl (C=O) groups is 1. The summed E-state index contributed by atoms with van der Waals surface area (Å²) in [5.74, 6) is -0.398. The predicted molar refractivity (Wildman–Crippen MR) is 137 cm³/mol. The van der Waals surface area contributed by atoms with E-state index in [1.54, 1.807) is 42.1 Å². The minimum Gasteiger partial charge on any atom is -0.494 e. The van der Waals surface area contributed by atoms with Crippen LogP contribution in [0.2, 0.25) is 0 Å². The number of carboxylic acids is 1. The highest BCUT2D eigenvalue weighted by Gasteiger charge is 2.40. The fourth-order valence-corrected chi connectivity index (χ4v) is 6.38. The molecule has 0 saturated carbocycles. The standard InChI is InChI=1S/C26H31N3O6S/c1-4-35-20-11-12-25(19(14-20)8-7-13-34-3)36(32,33)28-16-18(2)24(17-28)29-23-10-6-5-9-21(23)22(27-29)15-26(30)31/h5-12,14,18,24H,4,13,15-17H2,1-3H3,(H,30,31)/b8-7+/t18-,24+/m1/s1. The molecule has 36 heavy (non-hydrogen) atoms. The van der Waals surface area contributed by atoms with Crippen LogP contribution < -0.4 is 4.74 Å². The lowest BCUT2D eigenvalue weighted by Gasteiger charge is -2.19. The van der Waals surface area contributed by atoms with Gasteiger partial charge in [0.25, 0.3) is 0 Å². The second-order valence-corrected chi connectivity index (χ2v) is 10.7. The number of rotatable bonds is 10. The van der Waals surface area contributed by atoms with E-state index in [4.69, 9.17) is 9.47 Å². The minimum absolute atomic E-state index is 0.0315. The van der Waals surface area contributed by atoms with Crippen molar-refractivity contribution >= 4 is 33.0 Å². The summed E-state index contributed by atoms with van der Waals surface area (Å²) in [6, 6.07) is 12.2. The predicted octanol–water partition coefficient (Wildman–Crippen LogP) is 3.60. The van der Waals surface area contributed by atoms with Gasteiger partial charge in [0.2, 0.25) is 10.0 Å². The fraction of sp³-hybridized carbons (Fsp3) is 0.385. The Bertz CT molecular complexity index is 1380. The monoisotopic (exact) mass is 513 g/mol. The average Bonchev–Trinajstić information content (AvgIpc) is 3.40. The molecule has 192 valence electrons. The third-order valence-electron chi connectivity index (χ3n) is 6.33. The van der Waals surface area contributed by atoms with Gasteiger partial charge in [0, 0.05) is 25.6 Å². The van der Waals surface area contributed by atoms with E-state index < -0.39 is 16.0 Å². The van der Waals surface area contributed by atoms with Crippen molar-refractivity contribution in [3.05, 3.63) is 59.8 Å². The summed E-state index contributed by atoms with van der Waals surface area (Å²) in [5, 5.41) is 14.7. The summed E-state index contributed by atoms with van der Waals surface area (Å²) in [6.07, 6.45) is 3.30. The summed E-state index contributed by atoms with van der Waals surface area (Å²) in [6.45, 7) is 5.25. The molecule has 2 aromatic carbocycles. The fourth-order valence-electron chi connectivity index (χ4n) is 4.66. The van der Waals surface area contributed by atoms with Crippen LogP contribution in [0.25, 0.3) is 17.0 Å². The molecule has 2 atom stereocenters. The Morgan fingerprint density at radius 3 is 2.72 bits per heavy atom. The number of fused-ring (bicyclic) bond motifs is 1. The topological polar surface area (TPSA) is 111 Å². The molecule has 1 aromatic heterocycles. The Morgan fingerprint density at radius 1 is 1.22 bits per heavy atom. The average molecular weight is 514 g/mol. The lowest BCUT2D eigenvalue weighted by molar-refractivity contribution is -0.136. The van der Waals surface area contributed by atoms with Gasteiger partial charge < -0.3 is 14.6 Å². The number of carboxylic acid groups (broad SMARTS) is 1. The summed E-state index contributed by atoms with van der Waals surface area (Å²) < 4.78 is 41.6. The first-order chi connectivity index (χ1) is 17.3. The van der Waals surface area contributed by atoms with E-state index in [1.165, 1.54) is 4.31 Å². The molecular formula is C26H31N3O6S. The highest BCUT2D eigenvalue weighted by molar-refractivity contribution is 7.89. The number of benzene rings is 2. The molecule has 4 rings (SSSR count). The largest absolute Gasteiger partial charge is 0.494 e. The lowest BCUT2D eigenvalue weighted by Crippen LogP contribution is -2.30. The van der Waals surface area contributed by atoms with E-state index in [9.17, 15) is 18.3 Å². The highest BCUT2D eigenvalue weighted by atomic mass is 32.2. The van der Waals surface area contributed by atoms with Crippen molar-refractivity contribution in [1.29, 1.82) is 0 Å². The molecule has 0 radical (unpaired) electrons. The van der Waals surface area contributed by atoms with E-state index in [2.05, 4.69) is 5.10 Å². The lowest BCUT2D eigenvalue weighted by atomic mass is 10.1. The second-order valence-electron chi connectivity index (χ2n) is 8.84. The SMILES string of the molecule is CCOc1ccc(S(=O)(=O)N2C[C@@H](C)[C@@H](n3nc(CC(=O)O)c4ccccc43)C2)c(/C=C/COC)c1. The number of ether oxygens (including phenoxy) is 2. The molecule has 0 spiro atoms. The van der Waals surface area contributed by atoms with E-state index >= 15 is 0 Å². The highest BCUT2D eigenvalue weighted by Crippen LogP contribution is 2.36. The summed E-state index contributed by atoms with van der Waals surface area (Å²) in [5.41, 5.74) is 1.81. The van der Waals surface area contributed by atoms with Crippen LogP contribution in [0.5, 0.6) is 5.75 Å². The Balaban J connectivity index is 1.69. The third kappa shape index (κ3) is 5.16. The molecule has 9 nitrogen and oxygen atoms in total. The van der Waals surface area contributed by atoms with Crippen molar-refractivity contribution in [3.63, 3.8) is 0 Å². The molecule has 0 unspecified atom stereocenters. The summed E-state index contributed by atoms with van der Waals surface area (Å²) in [7, 11) is -2.25. The molecule has 1 aliphatic rings. The minimum atomic E-state index is -3.83. The van der Waals surface area contributed by atoms with Crippen LogP contribution in [0.15, 0.2) is 53.4 Å². The maximum Gasteiger partial charge on any atom is 0.309 e. The van der Waals surface area contributed by atoms with E-state index in [0.717, 1.165) is 10.9 Å². The number of para-hydroxylation sites is 1. The van der Waals surface area contributed by atoms with E-state index in [-0.39, 0.29) is 29.8 Å². The van der Waals surface area contributed by atoms with Crippen molar-refractivity contribution < 1.29 is 27.8 Å². The molecule has 0 bridgehead atoms. The first-order valence-corrected chi connectivity index (χ1v) is 13.3. The molecule has 1 saturated heterocycles. The zero-order valence-corrected chi connectivity index (χ0v) is 21.4. The van der Waals surface area contributed by atoms with Gasteiger partial charge in [0.05, 0.1) is 41.8 Å². The number of nitrogens with zero attached hydrogens (tertiary/aromatic N) is 3. The molecule has 1 aliphatic heterocycles. The molecule has 10 heteroatoms. The molecule has 1 fully saturated rings. The van der Waals surface area contributed by atoms with Crippen molar-refractivity contribution in [1.82, 2.24) is 14.1 Å². The van der Waals surface area contributed by atoms with Crippen LogP contribution in [0.4, 0.5) is 0 Å². The van der Waals surface area contributed by atoms with Gasteiger partial charge in [-0.2, -0.15) is 9.40 Å². The number of hydrogen-bond acceptors (Lipinski definition) is 6. The van der Waals surface area contributed by atoms with Gasteiger partial charge in [-0.3, -0.25) is 9.48 Å². The van der Waals surface area contributed by atoms with E-state index in [0.29, 0.717) is 36.8 Å². The molecule has 1 N–H and O–H groups in total. The second kappa shape index (κ2) is 10.8. The quantitative estimate of drug-likeness (QED) is 0.441. The normalized spacial score (nSPS) is 18.9. The van der Waals surface area contributed by atoms with Crippen LogP contribution in [0, 0.1) is 5.92 Å². The van der Waals surface area contributed by atoms with Crippen molar-refractivity contribution in [2.45, 2.75) is 31.2 Å². The maximum atomic E-state index is 13.8. The Labute approximate surface area is 211 Å².